The summed E-state index contributed by atoms with van der Waals surface area (Å²) in [6, 6.07) is 7.53. The van der Waals surface area contributed by atoms with Crippen molar-refractivity contribution in [3.8, 4) is 5.75 Å². The van der Waals surface area contributed by atoms with Crippen molar-refractivity contribution < 1.29 is 14.3 Å². The van der Waals surface area contributed by atoms with E-state index in [-0.39, 0.29) is 17.4 Å². The number of nitrogens with two attached hydrogens (primary N) is 1. The zero-order chi connectivity index (χ0) is 24.2. The number of carbonyl (C=O) groups is 2. The van der Waals surface area contributed by atoms with E-state index >= 15 is 0 Å². The second-order valence-electron chi connectivity index (χ2n) is 9.02. The maximum atomic E-state index is 13.4. The number of amides is 2. The van der Waals surface area contributed by atoms with Gasteiger partial charge < -0.3 is 20.4 Å². The molecule has 0 spiro atoms. The zero-order valence-electron chi connectivity index (χ0n) is 19.2. The van der Waals surface area contributed by atoms with E-state index in [2.05, 4.69) is 9.97 Å². The smallest absolute Gasteiger partial charge is 0.259 e. The Morgan fingerprint density at radius 3 is 2.88 bits per heavy atom. The first kappa shape index (κ1) is 22.9. The zero-order valence-corrected chi connectivity index (χ0v) is 20.8. The van der Waals surface area contributed by atoms with Gasteiger partial charge in [0.05, 0.1) is 11.1 Å². The van der Waals surface area contributed by atoms with Crippen molar-refractivity contribution in [2.75, 3.05) is 12.3 Å². The highest BCUT2D eigenvalue weighted by molar-refractivity contribution is 7.98. The molecule has 4 heterocycles. The fourth-order valence-electron chi connectivity index (χ4n) is 5.07. The van der Waals surface area contributed by atoms with E-state index in [1.807, 2.05) is 45.0 Å². The van der Waals surface area contributed by atoms with Gasteiger partial charge in [0.25, 0.3) is 5.56 Å². The van der Waals surface area contributed by atoms with Gasteiger partial charge in [0.15, 0.2) is 5.72 Å². The quantitative estimate of drug-likeness (QED) is 0.398. The number of nitrogens with zero attached hydrogens (tertiary/aromatic N) is 2. The third kappa shape index (κ3) is 3.69. The highest BCUT2D eigenvalue weighted by Gasteiger charge is 2.55. The first-order valence-corrected chi connectivity index (χ1v) is 13.1. The molecule has 1 aromatic carbocycles. The van der Waals surface area contributed by atoms with Crippen LogP contribution in [-0.2, 0) is 15.3 Å². The van der Waals surface area contributed by atoms with Gasteiger partial charge >= 0.3 is 0 Å². The maximum absolute atomic E-state index is 13.4. The summed E-state index contributed by atoms with van der Waals surface area (Å²) in [4.78, 5) is 49.1. The molecule has 1 saturated heterocycles. The molecule has 2 aromatic heterocycles. The number of fused-ring (bicyclic) bond motifs is 5. The fourth-order valence-corrected chi connectivity index (χ4v) is 6.91. The second-order valence-corrected chi connectivity index (χ2v) is 11.3. The van der Waals surface area contributed by atoms with E-state index in [1.54, 1.807) is 16.7 Å². The highest BCUT2D eigenvalue weighted by Crippen LogP contribution is 2.50. The number of ether oxygens (including phenoxy) is 1. The number of piperidine rings is 1. The van der Waals surface area contributed by atoms with Gasteiger partial charge in [-0.3, -0.25) is 14.4 Å². The molecule has 178 valence electrons. The molecule has 3 atom stereocenters. The van der Waals surface area contributed by atoms with E-state index in [0.29, 0.717) is 41.4 Å². The molecular weight excluding hydrogens is 472 g/mol. The fraction of sp³-hybridized carbons (Fsp3) is 0.417. The summed E-state index contributed by atoms with van der Waals surface area (Å²) >= 11 is 3.08. The van der Waals surface area contributed by atoms with E-state index < -0.39 is 17.6 Å². The van der Waals surface area contributed by atoms with Gasteiger partial charge in [-0.05, 0) is 38.0 Å². The Bertz CT molecular complexity index is 1370. The highest BCUT2D eigenvalue weighted by atomic mass is 32.2. The first-order chi connectivity index (χ1) is 16.2. The molecule has 0 aliphatic carbocycles. The predicted octanol–water partition coefficient (Wildman–Crippen LogP) is 3.06. The number of hydrogen-bond acceptors (Lipinski definition) is 7. The molecule has 2 aliphatic rings. The molecule has 3 N–H and O–H groups in total. The number of para-hydroxylation sites is 1. The van der Waals surface area contributed by atoms with Gasteiger partial charge in [-0.25, -0.2) is 4.98 Å². The van der Waals surface area contributed by atoms with Crippen LogP contribution in [0.2, 0.25) is 0 Å². The molecule has 2 amide bonds. The third-order valence-corrected chi connectivity index (χ3v) is 8.89. The van der Waals surface area contributed by atoms with Crippen LogP contribution in [0.1, 0.15) is 41.1 Å². The van der Waals surface area contributed by atoms with Gasteiger partial charge in [0.2, 0.25) is 11.8 Å². The second kappa shape index (κ2) is 8.42. The van der Waals surface area contributed by atoms with Crippen LogP contribution in [-0.4, -0.2) is 44.7 Å². The molecule has 0 radical (unpaired) electrons. The monoisotopic (exact) mass is 498 g/mol. The van der Waals surface area contributed by atoms with Crippen molar-refractivity contribution in [1.82, 2.24) is 14.9 Å². The molecule has 10 heteroatoms. The minimum absolute atomic E-state index is 0.120. The molecule has 8 nitrogen and oxygen atoms in total. The minimum Gasteiger partial charge on any atom is -0.468 e. The van der Waals surface area contributed by atoms with Crippen LogP contribution in [0, 0.1) is 19.8 Å². The lowest BCUT2D eigenvalue weighted by Crippen LogP contribution is -2.64. The Hall–Kier alpha value is -2.85. The summed E-state index contributed by atoms with van der Waals surface area (Å²) in [5.41, 5.74) is 6.55. The number of benzene rings is 1. The number of nitrogens with one attached hydrogen (secondary N) is 1. The number of carbonyl (C=O) groups excluding carboxylic acids is 2. The number of aromatic amines is 1. The SMILES string of the molecule is Cc1sc2nc(CSCCN3C(=O)[C@H](C(N)=O)[C@H]4C[C@@]3(C)Oc3ccccc34)[nH]c(=O)c2c1C. The summed E-state index contributed by atoms with van der Waals surface area (Å²) in [5.74, 6) is 0.295. The van der Waals surface area contributed by atoms with Crippen molar-refractivity contribution in [3.63, 3.8) is 0 Å². The molecule has 1 fully saturated rings. The Kier molecular flexibility index (Phi) is 5.68. The molecule has 0 unspecified atom stereocenters. The molecule has 34 heavy (non-hydrogen) atoms. The van der Waals surface area contributed by atoms with Crippen molar-refractivity contribution in [2.24, 2.45) is 11.7 Å². The van der Waals surface area contributed by atoms with E-state index in [0.717, 1.165) is 20.8 Å². The van der Waals surface area contributed by atoms with Crippen molar-refractivity contribution in [3.05, 3.63) is 56.4 Å². The van der Waals surface area contributed by atoms with Crippen molar-refractivity contribution in [2.45, 2.75) is 44.6 Å². The number of hydrogen-bond donors (Lipinski definition) is 2. The summed E-state index contributed by atoms with van der Waals surface area (Å²) in [5, 5.41) is 0.657. The van der Waals surface area contributed by atoms with Crippen LogP contribution in [0.15, 0.2) is 29.1 Å². The number of likely N-dealkylation sites (tertiary alicyclic amines) is 1. The van der Waals surface area contributed by atoms with Crippen LogP contribution >= 0.6 is 23.1 Å². The maximum Gasteiger partial charge on any atom is 0.259 e. The lowest BCUT2D eigenvalue weighted by molar-refractivity contribution is -0.174. The van der Waals surface area contributed by atoms with Crippen LogP contribution in [0.4, 0.5) is 0 Å². The number of aryl methyl sites for hydroxylation is 2. The third-order valence-electron chi connectivity index (χ3n) is 6.85. The molecule has 5 rings (SSSR count). The lowest BCUT2D eigenvalue weighted by Gasteiger charge is -2.52. The van der Waals surface area contributed by atoms with E-state index in [1.165, 1.54) is 11.3 Å². The summed E-state index contributed by atoms with van der Waals surface area (Å²) in [7, 11) is 0. The van der Waals surface area contributed by atoms with Crippen LogP contribution in [0.5, 0.6) is 5.75 Å². The number of rotatable bonds is 6. The molecular formula is C24H26N4O4S2. The van der Waals surface area contributed by atoms with E-state index in [4.69, 9.17) is 10.5 Å². The topological polar surface area (TPSA) is 118 Å². The Balaban J connectivity index is 1.32. The van der Waals surface area contributed by atoms with Gasteiger partial charge in [-0.15, -0.1) is 11.3 Å². The lowest BCUT2D eigenvalue weighted by atomic mass is 9.73. The summed E-state index contributed by atoms with van der Waals surface area (Å²) in [6.45, 7) is 6.21. The number of thioether (sulfide) groups is 1. The van der Waals surface area contributed by atoms with Crippen LogP contribution in [0.25, 0.3) is 10.2 Å². The largest absolute Gasteiger partial charge is 0.468 e. The summed E-state index contributed by atoms with van der Waals surface area (Å²) in [6.07, 6.45) is 0.511. The number of thiophene rings is 1. The van der Waals surface area contributed by atoms with Gasteiger partial charge in [-0.1, -0.05) is 18.2 Å². The molecule has 2 bridgehead atoms. The molecule has 0 saturated carbocycles. The average Bonchev–Trinajstić information content (AvgIpc) is 3.06. The predicted molar refractivity (Wildman–Crippen MR) is 133 cm³/mol. The number of H-pyrrole nitrogens is 1. The number of primary amides is 1. The van der Waals surface area contributed by atoms with Gasteiger partial charge in [-0.2, -0.15) is 11.8 Å². The van der Waals surface area contributed by atoms with Gasteiger partial charge in [0.1, 0.15) is 22.3 Å². The minimum atomic E-state index is -0.908. The standard InChI is InChI=1S/C24H26N4O4S2/c1-12-13(2)34-22-18(12)21(30)26-17(27-22)11-33-9-8-28-23(31)19(20(25)29)15-10-24(28,3)32-16-7-5-4-6-14(15)16/h4-7,15,19H,8-11H2,1-3H3,(H2,25,29)(H,26,27,30)/t15-,19-,24+/m0/s1. The van der Waals surface area contributed by atoms with Crippen molar-refractivity contribution >= 4 is 45.1 Å². The summed E-state index contributed by atoms with van der Waals surface area (Å²) < 4.78 is 6.28. The normalized spacial score (nSPS) is 23.6. The first-order valence-electron chi connectivity index (χ1n) is 11.1. The van der Waals surface area contributed by atoms with Crippen LogP contribution in [0.3, 0.4) is 0 Å². The Morgan fingerprint density at radius 1 is 1.35 bits per heavy atom. The number of aromatic nitrogens is 2. The van der Waals surface area contributed by atoms with Gasteiger partial charge in [0, 0.05) is 29.5 Å². The Labute approximate surface area is 204 Å². The van der Waals surface area contributed by atoms with E-state index in [9.17, 15) is 14.4 Å². The van der Waals surface area contributed by atoms with Crippen molar-refractivity contribution in [1.29, 1.82) is 0 Å². The Morgan fingerprint density at radius 2 is 2.12 bits per heavy atom. The molecule has 2 aliphatic heterocycles. The average molecular weight is 499 g/mol. The van der Waals surface area contributed by atoms with Crippen LogP contribution < -0.4 is 16.0 Å². The molecule has 3 aromatic rings.